The zero-order valence-corrected chi connectivity index (χ0v) is 20.6. The lowest BCUT2D eigenvalue weighted by Crippen LogP contribution is -2.37. The van der Waals surface area contributed by atoms with Crippen LogP contribution in [-0.4, -0.2) is 41.8 Å². The highest BCUT2D eigenvalue weighted by Gasteiger charge is 2.22. The minimum absolute atomic E-state index is 0.138. The molecule has 35 heavy (non-hydrogen) atoms. The van der Waals surface area contributed by atoms with Gasteiger partial charge in [-0.3, -0.25) is 9.59 Å². The van der Waals surface area contributed by atoms with Gasteiger partial charge in [-0.1, -0.05) is 42.8 Å². The van der Waals surface area contributed by atoms with E-state index in [4.69, 9.17) is 14.0 Å². The number of aromatic nitrogens is 1. The van der Waals surface area contributed by atoms with Gasteiger partial charge < -0.3 is 24.2 Å². The van der Waals surface area contributed by atoms with Crippen molar-refractivity contribution in [3.63, 3.8) is 0 Å². The summed E-state index contributed by atoms with van der Waals surface area (Å²) < 4.78 is 16.2. The summed E-state index contributed by atoms with van der Waals surface area (Å²) in [5.41, 5.74) is 4.21. The van der Waals surface area contributed by atoms with E-state index in [1.807, 2.05) is 64.1 Å². The topological polar surface area (TPSA) is 93.9 Å². The molecule has 1 aliphatic rings. The zero-order valence-electron chi connectivity index (χ0n) is 20.6. The summed E-state index contributed by atoms with van der Waals surface area (Å²) >= 11 is 0. The smallest absolute Gasteiger partial charge is 0.276 e. The number of nitrogens with one attached hydrogen (secondary N) is 1. The van der Waals surface area contributed by atoms with Crippen LogP contribution in [0.1, 0.15) is 47.4 Å². The summed E-state index contributed by atoms with van der Waals surface area (Å²) in [7, 11) is 0. The first-order valence-electron chi connectivity index (χ1n) is 11.8. The van der Waals surface area contributed by atoms with Crippen LogP contribution in [0.15, 0.2) is 47.0 Å². The van der Waals surface area contributed by atoms with Crippen molar-refractivity contribution in [1.29, 1.82) is 0 Å². The molecule has 0 unspecified atom stereocenters. The molecule has 0 bridgehead atoms. The van der Waals surface area contributed by atoms with Crippen LogP contribution in [-0.2, 0) is 11.3 Å². The maximum Gasteiger partial charge on any atom is 0.276 e. The molecule has 8 heteroatoms. The second-order valence-corrected chi connectivity index (χ2v) is 9.25. The number of ether oxygens (including phenoxy) is 2. The summed E-state index contributed by atoms with van der Waals surface area (Å²) in [4.78, 5) is 27.4. The largest absolute Gasteiger partial charge is 0.454 e. The van der Waals surface area contributed by atoms with Gasteiger partial charge in [0.05, 0.1) is 0 Å². The monoisotopic (exact) mass is 477 g/mol. The molecule has 1 aromatic heterocycles. The van der Waals surface area contributed by atoms with Gasteiger partial charge in [0.2, 0.25) is 12.7 Å². The number of carbonyl (C=O) groups excluding carboxylic acids is 2. The first-order chi connectivity index (χ1) is 16.8. The van der Waals surface area contributed by atoms with Gasteiger partial charge in [-0.25, -0.2) is 0 Å². The minimum atomic E-state index is -0.248. The van der Waals surface area contributed by atoms with E-state index >= 15 is 0 Å². The summed E-state index contributed by atoms with van der Waals surface area (Å²) in [6, 6.07) is 13.3. The van der Waals surface area contributed by atoms with Crippen LogP contribution in [0, 0.1) is 19.8 Å². The molecule has 0 aliphatic carbocycles. The lowest BCUT2D eigenvalue weighted by atomic mass is 10.0. The molecule has 2 heterocycles. The highest BCUT2D eigenvalue weighted by molar-refractivity contribution is 5.93. The van der Waals surface area contributed by atoms with E-state index in [-0.39, 0.29) is 43.2 Å². The molecule has 184 valence electrons. The molecule has 4 rings (SSSR count). The Morgan fingerprint density at radius 2 is 1.86 bits per heavy atom. The Labute approximate surface area is 205 Å². The number of benzene rings is 2. The molecular weight excluding hydrogens is 446 g/mol. The quantitative estimate of drug-likeness (QED) is 0.488. The number of amides is 2. The molecule has 0 spiro atoms. The second-order valence-electron chi connectivity index (χ2n) is 9.25. The van der Waals surface area contributed by atoms with Gasteiger partial charge >= 0.3 is 0 Å². The number of fused-ring (bicyclic) bond motifs is 1. The average molecular weight is 478 g/mol. The molecule has 3 aromatic rings. The fourth-order valence-electron chi connectivity index (χ4n) is 3.96. The highest BCUT2D eigenvalue weighted by atomic mass is 16.7. The van der Waals surface area contributed by atoms with Gasteiger partial charge in [0, 0.05) is 37.7 Å². The number of hydrogen-bond acceptors (Lipinski definition) is 6. The van der Waals surface area contributed by atoms with Crippen LogP contribution in [0.25, 0.3) is 11.3 Å². The molecule has 0 saturated heterocycles. The lowest BCUT2D eigenvalue weighted by molar-refractivity contribution is -0.121. The third kappa shape index (κ3) is 6.01. The lowest BCUT2D eigenvalue weighted by Gasteiger charge is -2.23. The van der Waals surface area contributed by atoms with Crippen LogP contribution >= 0.6 is 0 Å². The number of rotatable bonds is 9. The molecule has 1 N–H and O–H groups in total. The third-order valence-electron chi connectivity index (χ3n) is 5.80. The normalized spacial score (nSPS) is 12.1. The Balaban J connectivity index is 1.37. The van der Waals surface area contributed by atoms with Crippen molar-refractivity contribution < 1.29 is 23.6 Å². The van der Waals surface area contributed by atoms with Gasteiger partial charge in [-0.15, -0.1) is 0 Å². The molecule has 2 aromatic carbocycles. The molecule has 1 aliphatic heterocycles. The van der Waals surface area contributed by atoms with Crippen LogP contribution < -0.4 is 14.8 Å². The maximum atomic E-state index is 13.2. The standard InChI is InChI=1S/C27H31N3O5/c1-17(2)15-30(10-9-26(31)28-14-20-7-8-23-25(12-20)34-16-33-23)27(32)22-13-24(35-29-22)21-11-18(3)5-6-19(21)4/h5-8,11-13,17H,9-10,14-16H2,1-4H3,(H,28,31). The molecule has 0 atom stereocenters. The first kappa shape index (κ1) is 24.3. The summed E-state index contributed by atoms with van der Waals surface area (Å²) in [5, 5.41) is 6.94. The van der Waals surface area contributed by atoms with Crippen molar-refractivity contribution in [3.05, 3.63) is 64.8 Å². The Morgan fingerprint density at radius 3 is 2.66 bits per heavy atom. The molecule has 0 fully saturated rings. The van der Waals surface area contributed by atoms with Crippen molar-refractivity contribution in [2.24, 2.45) is 5.92 Å². The van der Waals surface area contributed by atoms with Gasteiger partial charge in [0.1, 0.15) is 0 Å². The van der Waals surface area contributed by atoms with Crippen molar-refractivity contribution in [1.82, 2.24) is 15.4 Å². The number of aryl methyl sites for hydroxylation is 2. The van der Waals surface area contributed by atoms with E-state index in [1.165, 1.54) is 0 Å². The molecule has 2 amide bonds. The molecular formula is C27H31N3O5. The predicted octanol–water partition coefficient (Wildman–Crippen LogP) is 4.49. The van der Waals surface area contributed by atoms with Gasteiger partial charge in [-0.05, 0) is 49.1 Å². The molecule has 8 nitrogen and oxygen atoms in total. The fraction of sp³-hybridized carbons (Fsp3) is 0.370. The van der Waals surface area contributed by atoms with Gasteiger partial charge in [0.15, 0.2) is 23.0 Å². The van der Waals surface area contributed by atoms with Crippen molar-refractivity contribution >= 4 is 11.8 Å². The number of hydrogen-bond donors (Lipinski definition) is 1. The Bertz CT molecular complexity index is 1220. The van der Waals surface area contributed by atoms with Crippen LogP contribution in [0.3, 0.4) is 0 Å². The summed E-state index contributed by atoms with van der Waals surface area (Å²) in [5.74, 6) is 1.79. The number of nitrogens with zero attached hydrogens (tertiary/aromatic N) is 2. The van der Waals surface area contributed by atoms with E-state index in [0.717, 1.165) is 22.3 Å². The van der Waals surface area contributed by atoms with E-state index in [0.29, 0.717) is 30.3 Å². The van der Waals surface area contributed by atoms with Crippen molar-refractivity contribution in [2.75, 3.05) is 19.9 Å². The van der Waals surface area contributed by atoms with Crippen LogP contribution in [0.4, 0.5) is 0 Å². The van der Waals surface area contributed by atoms with Crippen molar-refractivity contribution in [3.8, 4) is 22.8 Å². The summed E-state index contributed by atoms with van der Waals surface area (Å²) in [6.07, 6.45) is 0.185. The average Bonchev–Trinajstić information content (AvgIpc) is 3.50. The van der Waals surface area contributed by atoms with Crippen LogP contribution in [0.2, 0.25) is 0 Å². The second kappa shape index (κ2) is 10.6. The van der Waals surface area contributed by atoms with Gasteiger partial charge in [-0.2, -0.15) is 0 Å². The predicted molar refractivity (Wildman–Crippen MR) is 131 cm³/mol. The van der Waals surface area contributed by atoms with Gasteiger partial charge in [0.25, 0.3) is 5.91 Å². The maximum absolute atomic E-state index is 13.2. The Hall–Kier alpha value is -3.81. The Morgan fingerprint density at radius 1 is 1.06 bits per heavy atom. The highest BCUT2D eigenvalue weighted by Crippen LogP contribution is 2.32. The van der Waals surface area contributed by atoms with E-state index < -0.39 is 0 Å². The van der Waals surface area contributed by atoms with E-state index in [9.17, 15) is 9.59 Å². The number of carbonyl (C=O) groups is 2. The van der Waals surface area contributed by atoms with Crippen molar-refractivity contribution in [2.45, 2.75) is 40.7 Å². The summed E-state index contributed by atoms with van der Waals surface area (Å²) in [6.45, 7) is 9.45. The SMILES string of the molecule is Cc1ccc(C)c(-c2cc(C(=O)N(CCC(=O)NCc3ccc4c(c3)OCO4)CC(C)C)no2)c1. The third-order valence-corrected chi connectivity index (χ3v) is 5.80. The zero-order chi connectivity index (χ0) is 24.9. The Kier molecular flexibility index (Phi) is 7.39. The van der Waals surface area contributed by atoms with E-state index in [1.54, 1.807) is 11.0 Å². The molecule has 0 radical (unpaired) electrons. The van der Waals surface area contributed by atoms with Crippen LogP contribution in [0.5, 0.6) is 11.5 Å². The first-order valence-corrected chi connectivity index (χ1v) is 11.8. The van der Waals surface area contributed by atoms with E-state index in [2.05, 4.69) is 10.5 Å². The molecule has 0 saturated carbocycles. The fourth-order valence-corrected chi connectivity index (χ4v) is 3.96. The minimum Gasteiger partial charge on any atom is -0.454 e.